The van der Waals surface area contributed by atoms with Crippen LogP contribution in [0.15, 0.2) is 187 Å². The predicted octanol–water partition coefficient (Wildman–Crippen LogP) is 7.68. The van der Waals surface area contributed by atoms with Gasteiger partial charge in [-0.25, -0.2) is 4.79 Å². The van der Waals surface area contributed by atoms with Gasteiger partial charge in [-0.15, -0.1) is 0 Å². The number of nitrogens with one attached hydrogen (secondary N) is 1. The fourth-order valence-electron chi connectivity index (χ4n) is 8.33. The zero-order valence-corrected chi connectivity index (χ0v) is 33.5. The summed E-state index contributed by atoms with van der Waals surface area (Å²) in [4.78, 5) is 18.5. The molecule has 1 aliphatic rings. The Labute approximate surface area is 349 Å². The van der Waals surface area contributed by atoms with Crippen molar-refractivity contribution in [3.63, 3.8) is 0 Å². The summed E-state index contributed by atoms with van der Waals surface area (Å²) >= 11 is 0. The third-order valence-corrected chi connectivity index (χ3v) is 11.3. The van der Waals surface area contributed by atoms with Gasteiger partial charge in [0.2, 0.25) is 0 Å². The number of benzene rings is 6. The molecule has 1 fully saturated rings. The highest BCUT2D eigenvalue weighted by atomic mass is 16.6. The number of rotatable bonds is 14. The smallest absolute Gasteiger partial charge is 0.351 e. The Morgan fingerprint density at radius 1 is 0.600 bits per heavy atom. The van der Waals surface area contributed by atoms with Crippen LogP contribution in [-0.2, 0) is 20.6 Å². The average Bonchev–Trinajstić information content (AvgIpc) is 3.61. The molecule has 1 unspecified atom stereocenters. The van der Waals surface area contributed by atoms with Gasteiger partial charge in [0.1, 0.15) is 46.8 Å². The minimum atomic E-state index is -1.48. The first-order valence-corrected chi connectivity index (χ1v) is 19.9. The Kier molecular flexibility index (Phi) is 11.6. The molecule has 304 valence electrons. The van der Waals surface area contributed by atoms with E-state index in [4.69, 9.17) is 18.9 Å². The van der Waals surface area contributed by atoms with E-state index in [1.807, 2.05) is 170 Å². The molecule has 6 aromatic carbocycles. The van der Waals surface area contributed by atoms with Crippen LogP contribution >= 0.6 is 0 Å². The van der Waals surface area contributed by atoms with Crippen molar-refractivity contribution in [2.24, 2.45) is 0 Å². The van der Waals surface area contributed by atoms with Crippen LogP contribution in [0.4, 0.5) is 5.82 Å². The molecule has 2 heterocycles. The highest BCUT2D eigenvalue weighted by Crippen LogP contribution is 2.44. The summed E-state index contributed by atoms with van der Waals surface area (Å²) < 4.78 is 25.7. The van der Waals surface area contributed by atoms with Crippen LogP contribution in [-0.4, -0.2) is 58.4 Å². The van der Waals surface area contributed by atoms with Crippen LogP contribution in [0.5, 0.6) is 11.5 Å². The van der Waals surface area contributed by atoms with Crippen molar-refractivity contribution in [3.8, 4) is 11.5 Å². The Morgan fingerprint density at radius 3 is 1.47 bits per heavy atom. The molecule has 0 spiro atoms. The highest BCUT2D eigenvalue weighted by molar-refractivity contribution is 5.58. The maximum atomic E-state index is 14.1. The second-order valence-electron chi connectivity index (χ2n) is 14.8. The second-order valence-corrected chi connectivity index (χ2v) is 14.8. The standard InChI is InChI=1S/C50H47N3O7/c1-34(60-50(38-20-12-6-13-21-38,39-22-14-7-15-23-39)40-26-30-42(58-3)31-27-40)46-44(54)45(55)47(59-46)53-33-32-43(51-48(53)56)52-49(35-16-8-4-9-17-35,36-18-10-5-11-19-36)37-24-28-41(57-2)29-25-37/h4-34,44-47,54-55H,1-3H3,(H,51,52,56)/t34?,44-,45+,46+,47+/m0/s1. The van der Waals surface area contributed by atoms with Gasteiger partial charge in [-0.3, -0.25) is 4.57 Å². The van der Waals surface area contributed by atoms with Crippen LogP contribution in [0.25, 0.3) is 0 Å². The number of methoxy groups -OCH3 is 2. The number of hydrogen-bond donors (Lipinski definition) is 3. The van der Waals surface area contributed by atoms with Crippen molar-refractivity contribution in [3.05, 3.63) is 226 Å². The van der Waals surface area contributed by atoms with Gasteiger partial charge in [0, 0.05) is 6.20 Å². The zero-order valence-electron chi connectivity index (χ0n) is 33.5. The van der Waals surface area contributed by atoms with Gasteiger partial charge < -0.3 is 34.5 Å². The van der Waals surface area contributed by atoms with Gasteiger partial charge in [0.05, 0.1) is 20.3 Å². The number of aliphatic hydroxyl groups is 2. The molecule has 0 radical (unpaired) electrons. The number of anilines is 1. The average molecular weight is 802 g/mol. The molecule has 10 heteroatoms. The largest absolute Gasteiger partial charge is 0.497 e. The quantitative estimate of drug-likeness (QED) is 0.0951. The molecule has 8 rings (SSSR count). The van der Waals surface area contributed by atoms with Crippen LogP contribution in [0.3, 0.4) is 0 Å². The van der Waals surface area contributed by atoms with Gasteiger partial charge >= 0.3 is 5.69 Å². The normalized spacial score (nSPS) is 18.4. The van der Waals surface area contributed by atoms with E-state index in [1.165, 1.54) is 10.8 Å². The van der Waals surface area contributed by atoms with Crippen LogP contribution in [0, 0.1) is 0 Å². The molecule has 60 heavy (non-hydrogen) atoms. The molecule has 1 aliphatic heterocycles. The summed E-state index contributed by atoms with van der Waals surface area (Å²) in [7, 11) is 3.24. The van der Waals surface area contributed by atoms with Gasteiger partial charge in [-0.1, -0.05) is 146 Å². The van der Waals surface area contributed by atoms with E-state index in [-0.39, 0.29) is 5.82 Å². The van der Waals surface area contributed by atoms with Crippen molar-refractivity contribution in [1.29, 1.82) is 0 Å². The van der Waals surface area contributed by atoms with Crippen molar-refractivity contribution in [1.82, 2.24) is 9.55 Å². The summed E-state index contributed by atoms with van der Waals surface area (Å²) in [6.07, 6.45) is -4.48. The minimum Gasteiger partial charge on any atom is -0.497 e. The Hall–Kier alpha value is -6.56. The van der Waals surface area contributed by atoms with E-state index in [1.54, 1.807) is 27.2 Å². The number of nitrogens with zero attached hydrogens (tertiary/aromatic N) is 2. The molecule has 7 aromatic rings. The van der Waals surface area contributed by atoms with Gasteiger partial charge in [0.25, 0.3) is 0 Å². The lowest BCUT2D eigenvalue weighted by atomic mass is 9.77. The predicted molar refractivity (Wildman–Crippen MR) is 230 cm³/mol. The number of hydrogen-bond acceptors (Lipinski definition) is 9. The molecule has 0 bridgehead atoms. The van der Waals surface area contributed by atoms with Gasteiger partial charge in [-0.2, -0.15) is 4.98 Å². The maximum absolute atomic E-state index is 14.1. The lowest BCUT2D eigenvalue weighted by Crippen LogP contribution is -2.44. The molecular weight excluding hydrogens is 755 g/mol. The summed E-state index contributed by atoms with van der Waals surface area (Å²) in [5.41, 5.74) is 2.39. The lowest BCUT2D eigenvalue weighted by Gasteiger charge is -2.40. The molecule has 10 nitrogen and oxygen atoms in total. The first kappa shape index (κ1) is 40.2. The van der Waals surface area contributed by atoms with Crippen molar-refractivity contribution in [2.75, 3.05) is 19.5 Å². The number of ether oxygens (including phenoxy) is 4. The Morgan fingerprint density at radius 2 is 1.02 bits per heavy atom. The Bertz CT molecular complexity index is 2440. The molecule has 0 saturated carbocycles. The summed E-state index contributed by atoms with van der Waals surface area (Å²) in [6.45, 7) is 1.80. The van der Waals surface area contributed by atoms with Crippen LogP contribution in [0.2, 0.25) is 0 Å². The summed E-state index contributed by atoms with van der Waals surface area (Å²) in [6, 6.07) is 56.6. The van der Waals surface area contributed by atoms with E-state index >= 15 is 0 Å². The second kappa shape index (κ2) is 17.3. The molecule has 0 amide bonds. The fourth-order valence-corrected chi connectivity index (χ4v) is 8.33. The summed E-state index contributed by atoms with van der Waals surface area (Å²) in [5, 5.41) is 26.8. The van der Waals surface area contributed by atoms with E-state index in [9.17, 15) is 15.0 Å². The first-order valence-electron chi connectivity index (χ1n) is 19.9. The van der Waals surface area contributed by atoms with Gasteiger partial charge in [0.15, 0.2) is 6.23 Å². The van der Waals surface area contributed by atoms with E-state index in [0.717, 1.165) is 33.4 Å². The van der Waals surface area contributed by atoms with Crippen molar-refractivity contribution >= 4 is 5.82 Å². The van der Waals surface area contributed by atoms with E-state index in [0.29, 0.717) is 11.5 Å². The number of aromatic nitrogens is 2. The van der Waals surface area contributed by atoms with E-state index in [2.05, 4.69) is 10.3 Å². The molecule has 1 saturated heterocycles. The van der Waals surface area contributed by atoms with E-state index < -0.39 is 47.5 Å². The monoisotopic (exact) mass is 801 g/mol. The third kappa shape index (κ3) is 7.46. The fraction of sp³-hybridized carbons (Fsp3) is 0.200. The Balaban J connectivity index is 1.13. The minimum absolute atomic E-state index is 0.288. The highest BCUT2D eigenvalue weighted by Gasteiger charge is 2.50. The molecule has 3 N–H and O–H groups in total. The number of aliphatic hydroxyl groups excluding tert-OH is 2. The zero-order chi connectivity index (χ0) is 41.7. The van der Waals surface area contributed by atoms with Crippen LogP contribution < -0.4 is 20.5 Å². The third-order valence-electron chi connectivity index (χ3n) is 11.3. The topological polar surface area (TPSA) is 124 Å². The molecule has 5 atom stereocenters. The molecule has 1 aromatic heterocycles. The maximum Gasteiger partial charge on any atom is 0.351 e. The summed E-state index contributed by atoms with van der Waals surface area (Å²) in [5.74, 6) is 1.68. The van der Waals surface area contributed by atoms with Gasteiger partial charge in [-0.05, 0) is 70.6 Å². The lowest BCUT2D eigenvalue weighted by molar-refractivity contribution is -0.137. The SMILES string of the molecule is COc1ccc(C(Nc2ccn([C@@H]3O[C@H](C(C)OC(c4ccccc4)(c4ccccc4)c4ccc(OC)cc4)[C@@H](O)[C@H]3O)c(=O)n2)(c2ccccc2)c2ccccc2)cc1. The van der Waals surface area contributed by atoms with Crippen molar-refractivity contribution < 1.29 is 29.2 Å². The molecule has 0 aliphatic carbocycles. The van der Waals surface area contributed by atoms with Crippen molar-refractivity contribution in [2.45, 2.75) is 48.7 Å². The molecular formula is C50H47N3O7. The first-order chi connectivity index (χ1) is 29.3. The van der Waals surface area contributed by atoms with Crippen LogP contribution in [0.1, 0.15) is 46.5 Å².